The Hall–Kier alpha value is -2.05. The Kier molecular flexibility index (Phi) is 7.78. The number of H-pyrrole nitrogens is 1. The second-order valence-corrected chi connectivity index (χ2v) is 8.59. The number of benzene rings is 1. The number of fused-ring (bicyclic) bond motifs is 1. The largest absolute Gasteiger partial charge is 0.355 e. The van der Waals surface area contributed by atoms with Gasteiger partial charge in [-0.2, -0.15) is 0 Å². The van der Waals surface area contributed by atoms with E-state index in [1.165, 1.54) is 0 Å². The number of likely N-dealkylation sites (tertiary alicyclic amines) is 1. The number of hydrogen-bond acceptors (Lipinski definition) is 3. The van der Waals surface area contributed by atoms with Crippen molar-refractivity contribution in [1.29, 1.82) is 0 Å². The minimum atomic E-state index is -0.0332. The molecular weight excluding hydrogens is 400 g/mol. The molecule has 0 spiro atoms. The van der Waals surface area contributed by atoms with Gasteiger partial charge in [0.25, 0.3) is 5.91 Å². The van der Waals surface area contributed by atoms with E-state index >= 15 is 0 Å². The van der Waals surface area contributed by atoms with Gasteiger partial charge in [0.05, 0.1) is 0 Å². The lowest BCUT2D eigenvalue weighted by molar-refractivity contribution is -0.126. The van der Waals surface area contributed by atoms with E-state index in [0.717, 1.165) is 43.4 Å². The third kappa shape index (κ3) is 5.35. The molecule has 1 unspecified atom stereocenters. The van der Waals surface area contributed by atoms with E-state index < -0.39 is 0 Å². The van der Waals surface area contributed by atoms with Gasteiger partial charge in [-0.05, 0) is 56.1 Å². The van der Waals surface area contributed by atoms with Crippen LogP contribution in [0.1, 0.15) is 44.1 Å². The summed E-state index contributed by atoms with van der Waals surface area (Å²) in [5.74, 6) is 0.412. The lowest BCUT2D eigenvalue weighted by Gasteiger charge is -2.34. The van der Waals surface area contributed by atoms with E-state index in [0.29, 0.717) is 36.3 Å². The molecule has 2 N–H and O–H groups in total. The van der Waals surface area contributed by atoms with Crippen molar-refractivity contribution >= 4 is 34.3 Å². The van der Waals surface area contributed by atoms with E-state index in [2.05, 4.69) is 29.0 Å². The molecule has 0 aliphatic carbocycles. The summed E-state index contributed by atoms with van der Waals surface area (Å²) in [6.45, 7) is 11.2. The summed E-state index contributed by atoms with van der Waals surface area (Å²) in [5.41, 5.74) is 1.50. The van der Waals surface area contributed by atoms with Crippen molar-refractivity contribution in [3.8, 4) is 0 Å². The highest BCUT2D eigenvalue weighted by Gasteiger charge is 2.30. The summed E-state index contributed by atoms with van der Waals surface area (Å²) in [7, 11) is 0. The number of halogens is 1. The Labute approximate surface area is 183 Å². The number of amides is 2. The van der Waals surface area contributed by atoms with Crippen molar-refractivity contribution in [2.24, 2.45) is 11.8 Å². The van der Waals surface area contributed by atoms with Crippen LogP contribution in [0.4, 0.5) is 0 Å². The van der Waals surface area contributed by atoms with Crippen molar-refractivity contribution < 1.29 is 9.59 Å². The fraction of sp³-hybridized carbons (Fsp3) is 0.565. The van der Waals surface area contributed by atoms with Crippen molar-refractivity contribution in [1.82, 2.24) is 20.1 Å². The van der Waals surface area contributed by atoms with Gasteiger partial charge in [-0.25, -0.2) is 0 Å². The highest BCUT2D eigenvalue weighted by molar-refractivity contribution is 6.31. The summed E-state index contributed by atoms with van der Waals surface area (Å²) >= 11 is 6.04. The molecule has 1 saturated heterocycles. The zero-order valence-electron chi connectivity index (χ0n) is 18.2. The predicted octanol–water partition coefficient (Wildman–Crippen LogP) is 3.77. The Morgan fingerprint density at radius 2 is 1.93 bits per heavy atom. The number of rotatable bonds is 8. The number of carbonyl (C=O) groups excluding carboxylic acids is 2. The Morgan fingerprint density at radius 1 is 1.23 bits per heavy atom. The van der Waals surface area contributed by atoms with Gasteiger partial charge in [-0.15, -0.1) is 0 Å². The van der Waals surface area contributed by atoms with E-state index in [-0.39, 0.29) is 17.7 Å². The number of hydrogen-bond donors (Lipinski definition) is 2. The molecule has 2 heterocycles. The molecule has 1 aromatic heterocycles. The van der Waals surface area contributed by atoms with Crippen LogP contribution in [0.25, 0.3) is 10.9 Å². The maximum atomic E-state index is 12.9. The molecule has 2 aromatic rings. The van der Waals surface area contributed by atoms with Crippen LogP contribution in [0.5, 0.6) is 0 Å². The van der Waals surface area contributed by atoms with Gasteiger partial charge in [-0.1, -0.05) is 32.4 Å². The van der Waals surface area contributed by atoms with Crippen LogP contribution in [0.15, 0.2) is 24.3 Å². The monoisotopic (exact) mass is 432 g/mol. The first kappa shape index (κ1) is 22.6. The SMILES string of the molecule is CCN(CC)CCNC(=O)C(C)C1CCN(C(=O)c2cc3cc(Cl)ccc3[nH]2)CC1. The van der Waals surface area contributed by atoms with Gasteiger partial charge in [0.1, 0.15) is 5.69 Å². The number of aromatic amines is 1. The molecule has 1 aliphatic rings. The van der Waals surface area contributed by atoms with Crippen LogP contribution >= 0.6 is 11.6 Å². The van der Waals surface area contributed by atoms with Crippen LogP contribution < -0.4 is 5.32 Å². The second kappa shape index (κ2) is 10.3. The standard InChI is InChI=1S/C23H33ClN4O2/c1-4-27(5-2)13-10-25-22(29)16(3)17-8-11-28(12-9-17)23(30)21-15-18-14-19(24)6-7-20(18)26-21/h6-7,14-17,26H,4-5,8-13H2,1-3H3,(H,25,29). The lowest BCUT2D eigenvalue weighted by atomic mass is 9.84. The van der Waals surface area contributed by atoms with E-state index in [1.54, 1.807) is 0 Å². The number of nitrogens with zero attached hydrogens (tertiary/aromatic N) is 2. The summed E-state index contributed by atoms with van der Waals surface area (Å²) in [6, 6.07) is 7.42. The number of piperidine rings is 1. The molecule has 7 heteroatoms. The normalized spacial score (nSPS) is 16.2. The zero-order valence-corrected chi connectivity index (χ0v) is 19.0. The highest BCUT2D eigenvalue weighted by Crippen LogP contribution is 2.27. The molecule has 3 rings (SSSR count). The maximum Gasteiger partial charge on any atom is 0.270 e. The van der Waals surface area contributed by atoms with Crippen molar-refractivity contribution in [2.45, 2.75) is 33.6 Å². The van der Waals surface area contributed by atoms with Gasteiger partial charge in [0, 0.05) is 48.0 Å². The van der Waals surface area contributed by atoms with Gasteiger partial charge in [-0.3, -0.25) is 9.59 Å². The van der Waals surface area contributed by atoms with Crippen LogP contribution in [0.3, 0.4) is 0 Å². The minimum absolute atomic E-state index is 0.0112. The first-order valence-electron chi connectivity index (χ1n) is 11.0. The van der Waals surface area contributed by atoms with Crippen molar-refractivity contribution in [3.63, 3.8) is 0 Å². The second-order valence-electron chi connectivity index (χ2n) is 8.15. The smallest absolute Gasteiger partial charge is 0.270 e. The average molecular weight is 433 g/mol. The van der Waals surface area contributed by atoms with Gasteiger partial charge in [0.15, 0.2) is 0 Å². The zero-order chi connectivity index (χ0) is 21.7. The van der Waals surface area contributed by atoms with Gasteiger partial charge in [0.2, 0.25) is 5.91 Å². The third-order valence-corrected chi connectivity index (χ3v) is 6.62. The summed E-state index contributed by atoms with van der Waals surface area (Å²) in [4.78, 5) is 32.8. The fourth-order valence-corrected chi connectivity index (χ4v) is 4.42. The molecule has 6 nitrogen and oxygen atoms in total. The Balaban J connectivity index is 1.49. The van der Waals surface area contributed by atoms with Crippen molar-refractivity contribution in [3.05, 3.63) is 35.0 Å². The van der Waals surface area contributed by atoms with Crippen molar-refractivity contribution in [2.75, 3.05) is 39.3 Å². The molecule has 30 heavy (non-hydrogen) atoms. The lowest BCUT2D eigenvalue weighted by Crippen LogP contribution is -2.43. The summed E-state index contributed by atoms with van der Waals surface area (Å²) in [6.07, 6.45) is 1.70. The number of aromatic nitrogens is 1. The molecule has 2 amide bonds. The molecule has 0 bridgehead atoms. The molecule has 1 aliphatic heterocycles. The predicted molar refractivity (Wildman–Crippen MR) is 122 cm³/mol. The Morgan fingerprint density at radius 3 is 2.60 bits per heavy atom. The molecule has 0 radical (unpaired) electrons. The fourth-order valence-electron chi connectivity index (χ4n) is 4.24. The van der Waals surface area contributed by atoms with Crippen LogP contribution in [-0.4, -0.2) is 65.9 Å². The van der Waals surface area contributed by atoms with E-state index in [4.69, 9.17) is 11.6 Å². The first-order valence-corrected chi connectivity index (χ1v) is 11.4. The van der Waals surface area contributed by atoms with Crippen LogP contribution in [0, 0.1) is 11.8 Å². The maximum absolute atomic E-state index is 12.9. The average Bonchev–Trinajstić information content (AvgIpc) is 3.19. The Bertz CT molecular complexity index is 869. The van der Waals surface area contributed by atoms with E-state index in [1.807, 2.05) is 36.1 Å². The van der Waals surface area contributed by atoms with Gasteiger partial charge >= 0.3 is 0 Å². The minimum Gasteiger partial charge on any atom is -0.355 e. The van der Waals surface area contributed by atoms with E-state index in [9.17, 15) is 9.59 Å². The van der Waals surface area contributed by atoms with Crippen LogP contribution in [-0.2, 0) is 4.79 Å². The summed E-state index contributed by atoms with van der Waals surface area (Å²) < 4.78 is 0. The third-order valence-electron chi connectivity index (χ3n) is 6.38. The molecule has 164 valence electrons. The number of carbonyl (C=O) groups is 2. The first-order chi connectivity index (χ1) is 14.4. The van der Waals surface area contributed by atoms with Gasteiger partial charge < -0.3 is 20.1 Å². The summed E-state index contributed by atoms with van der Waals surface area (Å²) in [5, 5.41) is 4.68. The van der Waals surface area contributed by atoms with Crippen LogP contribution in [0.2, 0.25) is 5.02 Å². The topological polar surface area (TPSA) is 68.4 Å². The molecule has 1 fully saturated rings. The molecule has 1 aromatic carbocycles. The number of nitrogens with one attached hydrogen (secondary N) is 2. The molecule has 1 atom stereocenters. The molecule has 0 saturated carbocycles. The number of likely N-dealkylation sites (N-methyl/N-ethyl adjacent to an activating group) is 1. The molecular formula is C23H33ClN4O2. The quantitative estimate of drug-likeness (QED) is 0.667. The highest BCUT2D eigenvalue weighted by atomic mass is 35.5.